The highest BCUT2D eigenvalue weighted by atomic mass is 16.6. The quantitative estimate of drug-likeness (QED) is 0.387. The summed E-state index contributed by atoms with van der Waals surface area (Å²) >= 11 is 0. The first-order valence-electron chi connectivity index (χ1n) is 13.7. The van der Waals surface area contributed by atoms with Crippen LogP contribution in [0.3, 0.4) is 0 Å². The van der Waals surface area contributed by atoms with E-state index in [1.807, 2.05) is 64.5 Å². The normalized spacial score (nSPS) is 18.7. The molecule has 0 spiro atoms. The summed E-state index contributed by atoms with van der Waals surface area (Å²) in [6.45, 7) is 9.54. The predicted molar refractivity (Wildman–Crippen MR) is 150 cm³/mol. The van der Waals surface area contributed by atoms with E-state index in [1.165, 1.54) is 12.8 Å². The third kappa shape index (κ3) is 5.05. The average Bonchev–Trinajstić information content (AvgIpc) is 3.54. The highest BCUT2D eigenvalue weighted by Crippen LogP contribution is 2.37. The molecule has 2 aliphatic rings. The van der Waals surface area contributed by atoms with Crippen LogP contribution < -0.4 is 10.2 Å². The first-order chi connectivity index (χ1) is 18.8. The fourth-order valence-corrected chi connectivity index (χ4v) is 5.69. The van der Waals surface area contributed by atoms with Gasteiger partial charge in [-0.05, 0) is 58.7 Å². The number of amides is 1. The van der Waals surface area contributed by atoms with E-state index in [1.54, 1.807) is 4.90 Å². The summed E-state index contributed by atoms with van der Waals surface area (Å²) in [5, 5.41) is 14.2. The van der Waals surface area contributed by atoms with E-state index >= 15 is 0 Å². The van der Waals surface area contributed by atoms with Crippen LogP contribution >= 0.6 is 0 Å². The molecule has 204 valence electrons. The van der Waals surface area contributed by atoms with E-state index < -0.39 is 5.60 Å². The van der Waals surface area contributed by atoms with Gasteiger partial charge in [-0.3, -0.25) is 4.98 Å². The molecule has 5 heterocycles. The standard InChI is InChI=1S/C28H35N9O2/c1-18-17-35(13-14-36(18)27(38)39-28(2,3)4)24-10-9-23(33-34-24)31-26-30-15-21-20-11-12-29-16-22(20)37(25(21)32-26)19-7-5-6-8-19/h9-12,15-16,18-19H,5-8,13-14,17H2,1-4H3,(H,30,31,32,33)/t18-/m1/s1. The van der Waals surface area contributed by atoms with Crippen molar-refractivity contribution in [3.8, 4) is 0 Å². The van der Waals surface area contributed by atoms with Crippen molar-refractivity contribution in [2.75, 3.05) is 29.9 Å². The van der Waals surface area contributed by atoms with Crippen molar-refractivity contribution < 1.29 is 9.53 Å². The molecule has 1 saturated heterocycles. The van der Waals surface area contributed by atoms with Crippen molar-refractivity contribution in [2.24, 2.45) is 0 Å². The maximum absolute atomic E-state index is 12.5. The van der Waals surface area contributed by atoms with Gasteiger partial charge >= 0.3 is 6.09 Å². The Morgan fingerprint density at radius 3 is 2.59 bits per heavy atom. The fourth-order valence-electron chi connectivity index (χ4n) is 5.69. The lowest BCUT2D eigenvalue weighted by molar-refractivity contribution is 0.0158. The summed E-state index contributed by atoms with van der Waals surface area (Å²) in [6, 6.07) is 6.28. The maximum atomic E-state index is 12.5. The number of carbonyl (C=O) groups excluding carboxylic acids is 1. The molecule has 2 fully saturated rings. The van der Waals surface area contributed by atoms with Crippen LogP contribution in [0.2, 0.25) is 0 Å². The van der Waals surface area contributed by atoms with Crippen molar-refractivity contribution in [3.05, 3.63) is 36.8 Å². The third-order valence-corrected chi connectivity index (χ3v) is 7.51. The van der Waals surface area contributed by atoms with E-state index in [-0.39, 0.29) is 12.1 Å². The molecule has 0 bridgehead atoms. The van der Waals surface area contributed by atoms with Crippen LogP contribution in [0.5, 0.6) is 0 Å². The van der Waals surface area contributed by atoms with Gasteiger partial charge in [0.15, 0.2) is 11.6 Å². The maximum Gasteiger partial charge on any atom is 0.410 e. The minimum Gasteiger partial charge on any atom is -0.444 e. The lowest BCUT2D eigenvalue weighted by Gasteiger charge is -2.40. The Kier molecular flexibility index (Phi) is 6.44. The summed E-state index contributed by atoms with van der Waals surface area (Å²) in [6.07, 6.45) is 10.1. The molecule has 11 nitrogen and oxygen atoms in total. The highest BCUT2D eigenvalue weighted by molar-refractivity contribution is 6.06. The number of fused-ring (bicyclic) bond motifs is 3. The van der Waals surface area contributed by atoms with Crippen LogP contribution in [0.25, 0.3) is 21.9 Å². The molecule has 11 heteroatoms. The van der Waals surface area contributed by atoms with E-state index in [0.29, 0.717) is 37.4 Å². The molecule has 1 saturated carbocycles. The molecule has 1 aliphatic heterocycles. The number of hydrogen-bond donors (Lipinski definition) is 1. The van der Waals surface area contributed by atoms with Gasteiger partial charge in [0, 0.05) is 54.9 Å². The van der Waals surface area contributed by atoms with E-state index in [0.717, 1.165) is 40.6 Å². The number of rotatable bonds is 4. The molecule has 1 aliphatic carbocycles. The molecule has 1 N–H and O–H groups in total. The average molecular weight is 530 g/mol. The molecule has 0 unspecified atom stereocenters. The molecule has 39 heavy (non-hydrogen) atoms. The second-order valence-corrected chi connectivity index (χ2v) is 11.5. The topological polar surface area (TPSA) is 114 Å². The fraction of sp³-hybridized carbons (Fsp3) is 0.500. The van der Waals surface area contributed by atoms with Gasteiger partial charge in [-0.1, -0.05) is 12.8 Å². The van der Waals surface area contributed by atoms with Gasteiger partial charge in [0.05, 0.1) is 11.7 Å². The van der Waals surface area contributed by atoms with Gasteiger partial charge in [-0.2, -0.15) is 4.98 Å². The van der Waals surface area contributed by atoms with E-state index in [4.69, 9.17) is 9.72 Å². The largest absolute Gasteiger partial charge is 0.444 e. The SMILES string of the molecule is C[C@@H]1CN(c2ccc(Nc3ncc4c5ccncc5n(C5CCCC5)c4n3)nn2)CCN1C(=O)OC(C)(C)C. The zero-order valence-corrected chi connectivity index (χ0v) is 23.0. The molecule has 0 aromatic carbocycles. The van der Waals surface area contributed by atoms with Crippen LogP contribution in [-0.2, 0) is 4.74 Å². The van der Waals surface area contributed by atoms with E-state index in [9.17, 15) is 4.79 Å². The van der Waals surface area contributed by atoms with Gasteiger partial charge in [0.1, 0.15) is 11.2 Å². The molecule has 6 rings (SSSR count). The number of pyridine rings is 1. The van der Waals surface area contributed by atoms with Crippen LogP contribution in [-0.4, -0.2) is 72.0 Å². The summed E-state index contributed by atoms with van der Waals surface area (Å²) < 4.78 is 7.89. The molecule has 0 radical (unpaired) electrons. The number of ether oxygens (including phenoxy) is 1. The first-order valence-corrected chi connectivity index (χ1v) is 13.7. The third-order valence-electron chi connectivity index (χ3n) is 7.51. The van der Waals surface area contributed by atoms with Crippen LogP contribution in [0.1, 0.15) is 59.4 Å². The monoisotopic (exact) mass is 529 g/mol. The number of nitrogens with one attached hydrogen (secondary N) is 1. The number of nitrogens with zero attached hydrogens (tertiary/aromatic N) is 8. The molecule has 1 atom stereocenters. The number of anilines is 3. The minimum absolute atomic E-state index is 0.00449. The zero-order valence-electron chi connectivity index (χ0n) is 23.0. The van der Waals surface area contributed by atoms with Crippen molar-refractivity contribution >= 4 is 45.6 Å². The van der Waals surface area contributed by atoms with Crippen molar-refractivity contribution in [1.82, 2.24) is 34.6 Å². The summed E-state index contributed by atoms with van der Waals surface area (Å²) in [7, 11) is 0. The van der Waals surface area contributed by atoms with Crippen molar-refractivity contribution in [1.29, 1.82) is 0 Å². The van der Waals surface area contributed by atoms with Gasteiger partial charge in [0.25, 0.3) is 0 Å². The summed E-state index contributed by atoms with van der Waals surface area (Å²) in [4.78, 5) is 30.3. The lowest BCUT2D eigenvalue weighted by Crippen LogP contribution is -2.55. The van der Waals surface area contributed by atoms with Gasteiger partial charge in [-0.25, -0.2) is 9.78 Å². The Labute approximate surface area is 227 Å². The van der Waals surface area contributed by atoms with Gasteiger partial charge in [0.2, 0.25) is 5.95 Å². The number of hydrogen-bond acceptors (Lipinski definition) is 9. The highest BCUT2D eigenvalue weighted by Gasteiger charge is 2.31. The Balaban J connectivity index is 1.18. The Hall–Kier alpha value is -4.02. The Bertz CT molecular complexity index is 1490. The Morgan fingerprint density at radius 2 is 1.87 bits per heavy atom. The second kappa shape index (κ2) is 9.94. The molecule has 1 amide bonds. The molecule has 4 aromatic heterocycles. The molecular formula is C28H35N9O2. The first kappa shape index (κ1) is 25.3. The lowest BCUT2D eigenvalue weighted by atomic mass is 10.2. The van der Waals surface area contributed by atoms with Crippen LogP contribution in [0, 0.1) is 0 Å². The number of piperazine rings is 1. The van der Waals surface area contributed by atoms with Gasteiger partial charge in [-0.15, -0.1) is 10.2 Å². The van der Waals surface area contributed by atoms with Crippen molar-refractivity contribution in [2.45, 2.75) is 71.1 Å². The van der Waals surface area contributed by atoms with Crippen LogP contribution in [0.4, 0.5) is 22.4 Å². The molecular weight excluding hydrogens is 494 g/mol. The van der Waals surface area contributed by atoms with Crippen LogP contribution in [0.15, 0.2) is 36.8 Å². The predicted octanol–water partition coefficient (Wildman–Crippen LogP) is 5.07. The number of carbonyl (C=O) groups is 1. The Morgan fingerprint density at radius 1 is 1.05 bits per heavy atom. The summed E-state index contributed by atoms with van der Waals surface area (Å²) in [5.74, 6) is 1.82. The number of aromatic nitrogens is 6. The molecule has 4 aromatic rings. The van der Waals surface area contributed by atoms with E-state index in [2.05, 4.69) is 34.9 Å². The smallest absolute Gasteiger partial charge is 0.410 e. The summed E-state index contributed by atoms with van der Waals surface area (Å²) in [5.41, 5.74) is 1.51. The minimum atomic E-state index is -0.513. The van der Waals surface area contributed by atoms with Crippen molar-refractivity contribution in [3.63, 3.8) is 0 Å². The second-order valence-electron chi connectivity index (χ2n) is 11.5. The van der Waals surface area contributed by atoms with Gasteiger partial charge < -0.3 is 24.4 Å². The zero-order chi connectivity index (χ0) is 27.1.